The summed E-state index contributed by atoms with van der Waals surface area (Å²) in [6, 6.07) is 17.5. The summed E-state index contributed by atoms with van der Waals surface area (Å²) < 4.78 is 3.25. The maximum Gasteiger partial charge on any atom is 0.328 e. The molecule has 6 heteroatoms. The highest BCUT2D eigenvalue weighted by Gasteiger charge is 2.11. The van der Waals surface area contributed by atoms with Gasteiger partial charge in [-0.3, -0.25) is 18.9 Å². The Labute approximate surface area is 156 Å². The van der Waals surface area contributed by atoms with Crippen LogP contribution in [0.1, 0.15) is 12.1 Å². The minimum atomic E-state index is -0.111. The number of hydrogen-bond donors (Lipinski definition) is 1. The Morgan fingerprint density at radius 1 is 1.04 bits per heavy atom. The second-order valence-electron chi connectivity index (χ2n) is 6.49. The highest BCUT2D eigenvalue weighted by atomic mass is 16.2. The Morgan fingerprint density at radius 3 is 2.63 bits per heavy atom. The smallest absolute Gasteiger partial charge is 0.328 e. The second kappa shape index (κ2) is 7.07. The number of nitrogens with zero attached hydrogens (tertiary/aromatic N) is 3. The van der Waals surface area contributed by atoms with Gasteiger partial charge in [0.05, 0.1) is 23.3 Å². The van der Waals surface area contributed by atoms with Crippen molar-refractivity contribution in [3.63, 3.8) is 0 Å². The zero-order chi connectivity index (χ0) is 18.8. The van der Waals surface area contributed by atoms with E-state index in [1.807, 2.05) is 54.6 Å². The molecule has 0 saturated heterocycles. The molecular weight excluding hydrogens is 340 g/mol. The molecule has 0 atom stereocenters. The molecule has 0 aliphatic heterocycles. The number of amides is 1. The largest absolute Gasteiger partial charge is 0.350 e. The average molecular weight is 360 g/mol. The molecule has 0 saturated carbocycles. The maximum absolute atomic E-state index is 12.4. The van der Waals surface area contributed by atoms with Gasteiger partial charge in [0.15, 0.2) is 0 Å². The van der Waals surface area contributed by atoms with Crippen molar-refractivity contribution >= 4 is 27.7 Å². The predicted molar refractivity (Wildman–Crippen MR) is 105 cm³/mol. The average Bonchev–Trinajstić information content (AvgIpc) is 2.95. The third-order valence-corrected chi connectivity index (χ3v) is 4.82. The first-order chi connectivity index (χ1) is 13.1. The fraction of sp³-hybridized carbons (Fsp3) is 0.190. The maximum atomic E-state index is 12.4. The lowest BCUT2D eigenvalue weighted by Gasteiger charge is -2.08. The molecule has 0 radical (unpaired) electrons. The summed E-state index contributed by atoms with van der Waals surface area (Å²) in [6.07, 6.45) is 1.98. The fourth-order valence-corrected chi connectivity index (χ4v) is 3.39. The number of hydrogen-bond acceptors (Lipinski definition) is 3. The van der Waals surface area contributed by atoms with E-state index in [2.05, 4.69) is 10.3 Å². The summed E-state index contributed by atoms with van der Waals surface area (Å²) in [5.41, 5.74) is 2.43. The molecule has 0 aliphatic carbocycles. The van der Waals surface area contributed by atoms with Crippen molar-refractivity contribution in [2.45, 2.75) is 19.5 Å². The van der Waals surface area contributed by atoms with E-state index in [-0.39, 0.29) is 18.0 Å². The number of imidazole rings is 1. The van der Waals surface area contributed by atoms with Crippen molar-refractivity contribution in [1.29, 1.82) is 0 Å². The Bertz CT molecular complexity index is 1180. The lowest BCUT2D eigenvalue weighted by molar-refractivity contribution is -0.121. The van der Waals surface area contributed by atoms with E-state index in [4.69, 9.17) is 0 Å². The van der Waals surface area contributed by atoms with Crippen LogP contribution >= 0.6 is 0 Å². The molecule has 1 N–H and O–H groups in total. The van der Waals surface area contributed by atoms with Gasteiger partial charge in [-0.05, 0) is 23.6 Å². The molecule has 2 heterocycles. The number of pyridine rings is 1. The van der Waals surface area contributed by atoms with E-state index >= 15 is 0 Å². The zero-order valence-corrected chi connectivity index (χ0v) is 15.1. The topological polar surface area (TPSA) is 68.9 Å². The SMILES string of the molecule is Cn1c(=O)n(CCC(=O)NCc2nccc3ccccc23)c2ccccc21. The number of aryl methyl sites for hydroxylation is 2. The molecule has 0 bridgehead atoms. The molecule has 0 fully saturated rings. The molecule has 0 aliphatic rings. The fourth-order valence-electron chi connectivity index (χ4n) is 3.39. The number of aromatic nitrogens is 3. The van der Waals surface area contributed by atoms with Crippen molar-refractivity contribution in [3.05, 3.63) is 77.0 Å². The summed E-state index contributed by atoms with van der Waals surface area (Å²) in [4.78, 5) is 29.1. The molecule has 136 valence electrons. The third-order valence-electron chi connectivity index (χ3n) is 4.82. The van der Waals surface area contributed by atoms with E-state index in [1.165, 1.54) is 0 Å². The number of carbonyl (C=O) groups excluding carboxylic acids is 1. The number of fused-ring (bicyclic) bond motifs is 2. The molecule has 27 heavy (non-hydrogen) atoms. The van der Waals surface area contributed by atoms with Crippen molar-refractivity contribution < 1.29 is 4.79 Å². The van der Waals surface area contributed by atoms with Gasteiger partial charge in [-0.15, -0.1) is 0 Å². The van der Waals surface area contributed by atoms with Gasteiger partial charge in [-0.1, -0.05) is 36.4 Å². The van der Waals surface area contributed by atoms with Crippen LogP contribution in [0.25, 0.3) is 21.8 Å². The first-order valence-electron chi connectivity index (χ1n) is 8.89. The molecule has 2 aromatic heterocycles. The molecule has 4 rings (SSSR count). The van der Waals surface area contributed by atoms with Crippen LogP contribution in [0, 0.1) is 0 Å². The monoisotopic (exact) mass is 360 g/mol. The van der Waals surface area contributed by atoms with E-state index < -0.39 is 0 Å². The van der Waals surface area contributed by atoms with Gasteiger partial charge in [0.2, 0.25) is 5.91 Å². The van der Waals surface area contributed by atoms with Crippen LogP contribution in [-0.2, 0) is 24.9 Å². The van der Waals surface area contributed by atoms with E-state index in [1.54, 1.807) is 22.4 Å². The van der Waals surface area contributed by atoms with Crippen molar-refractivity contribution in [2.75, 3.05) is 0 Å². The molecule has 1 amide bonds. The van der Waals surface area contributed by atoms with Crippen LogP contribution < -0.4 is 11.0 Å². The Morgan fingerprint density at radius 2 is 1.78 bits per heavy atom. The number of carbonyl (C=O) groups is 1. The lowest BCUT2D eigenvalue weighted by atomic mass is 10.1. The van der Waals surface area contributed by atoms with Crippen LogP contribution in [0.2, 0.25) is 0 Å². The number of benzene rings is 2. The number of para-hydroxylation sites is 2. The lowest BCUT2D eigenvalue weighted by Crippen LogP contribution is -2.28. The summed E-state index contributed by atoms with van der Waals surface area (Å²) in [5, 5.41) is 5.04. The molecule has 2 aromatic carbocycles. The van der Waals surface area contributed by atoms with E-state index in [9.17, 15) is 9.59 Å². The third kappa shape index (κ3) is 3.21. The van der Waals surface area contributed by atoms with Gasteiger partial charge < -0.3 is 5.32 Å². The summed E-state index contributed by atoms with van der Waals surface area (Å²) in [7, 11) is 1.74. The van der Waals surface area contributed by atoms with Crippen LogP contribution in [-0.4, -0.2) is 20.0 Å². The minimum Gasteiger partial charge on any atom is -0.350 e. The summed E-state index contributed by atoms with van der Waals surface area (Å²) in [6.45, 7) is 0.708. The van der Waals surface area contributed by atoms with Crippen LogP contribution in [0.5, 0.6) is 0 Å². The molecule has 0 spiro atoms. The Balaban J connectivity index is 1.45. The van der Waals surface area contributed by atoms with Gasteiger partial charge >= 0.3 is 5.69 Å². The van der Waals surface area contributed by atoms with Gasteiger partial charge in [0.1, 0.15) is 0 Å². The van der Waals surface area contributed by atoms with Crippen LogP contribution in [0.4, 0.5) is 0 Å². The second-order valence-corrected chi connectivity index (χ2v) is 6.49. The van der Waals surface area contributed by atoms with Gasteiger partial charge in [0, 0.05) is 31.6 Å². The predicted octanol–water partition coefficient (Wildman–Crippen LogP) is 2.59. The molecular formula is C21H20N4O2. The van der Waals surface area contributed by atoms with E-state index in [0.29, 0.717) is 13.1 Å². The summed E-state index contributed by atoms with van der Waals surface area (Å²) >= 11 is 0. The first kappa shape index (κ1) is 17.0. The Kier molecular flexibility index (Phi) is 4.46. The van der Waals surface area contributed by atoms with Gasteiger partial charge in [-0.25, -0.2) is 4.79 Å². The van der Waals surface area contributed by atoms with Crippen LogP contribution in [0.3, 0.4) is 0 Å². The van der Waals surface area contributed by atoms with Gasteiger partial charge in [-0.2, -0.15) is 0 Å². The highest BCUT2D eigenvalue weighted by Crippen LogP contribution is 2.16. The first-order valence-corrected chi connectivity index (χ1v) is 8.89. The standard InChI is InChI=1S/C21H20N4O2/c1-24-18-8-4-5-9-19(18)25(21(24)27)13-11-20(26)23-14-17-16-7-3-2-6-15(16)10-12-22-17/h2-10,12H,11,13-14H2,1H3,(H,23,26). The van der Waals surface area contributed by atoms with Crippen molar-refractivity contribution in [3.8, 4) is 0 Å². The zero-order valence-electron chi connectivity index (χ0n) is 15.1. The summed E-state index contributed by atoms with van der Waals surface area (Å²) in [5.74, 6) is -0.107. The van der Waals surface area contributed by atoms with Crippen molar-refractivity contribution in [2.24, 2.45) is 7.05 Å². The number of rotatable bonds is 5. The quantitative estimate of drug-likeness (QED) is 0.595. The molecule has 0 unspecified atom stereocenters. The highest BCUT2D eigenvalue weighted by molar-refractivity contribution is 5.85. The minimum absolute atomic E-state index is 0.107. The Hall–Kier alpha value is -3.41. The van der Waals surface area contributed by atoms with Crippen LogP contribution in [0.15, 0.2) is 65.6 Å². The van der Waals surface area contributed by atoms with Gasteiger partial charge in [0.25, 0.3) is 0 Å². The normalized spacial score (nSPS) is 11.1. The van der Waals surface area contributed by atoms with Crippen molar-refractivity contribution in [1.82, 2.24) is 19.4 Å². The molecule has 4 aromatic rings. The number of nitrogens with one attached hydrogen (secondary N) is 1. The van der Waals surface area contributed by atoms with E-state index in [0.717, 1.165) is 27.5 Å². The molecule has 6 nitrogen and oxygen atoms in total.